The van der Waals surface area contributed by atoms with Gasteiger partial charge in [0.25, 0.3) is 0 Å². The summed E-state index contributed by atoms with van der Waals surface area (Å²) in [5.74, 6) is 0. The molecule has 0 N–H and O–H groups in total. The predicted molar refractivity (Wildman–Crippen MR) is 840 cm³/mol. The van der Waals surface area contributed by atoms with Crippen molar-refractivity contribution in [2.24, 2.45) is 0 Å². The second-order valence-corrected chi connectivity index (χ2v) is 0. The maximum absolute atomic E-state index is 2.00. The Bertz CT molecular complexity index is 0. The van der Waals surface area contributed by atoms with Gasteiger partial charge in [-0.2, -0.15) is 0 Å². The third-order valence-electron chi connectivity index (χ3n) is 0. The summed E-state index contributed by atoms with van der Waals surface area (Å²) in [5, 5.41) is 0. The van der Waals surface area contributed by atoms with Crippen LogP contribution in [0.4, 0.5) is 0 Å². The highest BCUT2D eigenvalue weighted by Crippen LogP contribution is 1.29. The summed E-state index contributed by atoms with van der Waals surface area (Å²) in [5.41, 5.74) is 0. The van der Waals surface area contributed by atoms with Gasteiger partial charge in [-0.05, 0) is 0 Å². The molecule has 0 aromatic rings. The highest BCUT2D eigenvalue weighted by molar-refractivity contribution is 3.65. The summed E-state index contributed by atoms with van der Waals surface area (Å²) in [6.45, 7) is 296. The molecule has 0 saturated carbocycles. The van der Waals surface area contributed by atoms with E-state index in [2.05, 4.69) is 0 Å². The lowest BCUT2D eigenvalue weighted by Crippen LogP contribution is -0.856. The van der Waals surface area contributed by atoms with E-state index in [4.69, 9.17) is 0 Å². The van der Waals surface area contributed by atoms with Gasteiger partial charge in [-0.25, -0.2) is 0 Å². The quantitative estimate of drug-likeness (QED) is 0.227. The van der Waals surface area contributed by atoms with E-state index in [0.717, 1.165) is 0 Å². The molecule has 0 rings (SSSR count). The second-order valence-electron chi connectivity index (χ2n) is 0. The number of hydrogen-bond donors (Lipinski definition) is 0. The van der Waals surface area contributed by atoms with Crippen molar-refractivity contribution >= 4 is 0 Å². The molecule has 0 unspecified atom stereocenters. The van der Waals surface area contributed by atoms with Gasteiger partial charge in [-0.3, -0.25) is 0 Å². The Kier molecular flexibility index (Phi) is 0. The third-order valence-corrected chi connectivity index (χ3v) is 0. The molecule has 0 atom stereocenters. The fraction of sp³-hybridized carbons (Fsp3) is 1.00. The Morgan fingerprint density at radius 1 is 0.0135 bits per heavy atom. The molecule has 0 aromatic carbocycles. The minimum atomic E-state index is 2.00. The van der Waals surface area contributed by atoms with Gasteiger partial charge < -0.3 is 0 Å². The molecular formula is C148H444. The van der Waals surface area contributed by atoms with Gasteiger partial charge in [0.15, 0.2) is 0 Å². The van der Waals surface area contributed by atoms with Crippen molar-refractivity contribution in [3.8, 4) is 0 Å². The van der Waals surface area contributed by atoms with E-state index >= 15 is 0 Å². The predicted octanol–water partition coefficient (Wildman–Crippen LogP) is 75.9. The van der Waals surface area contributed by atoms with Crippen LogP contribution in [0.5, 0.6) is 0 Å². The Balaban J connectivity index is -0.00000000521. The molecule has 148 heavy (non-hydrogen) atoms. The summed E-state index contributed by atoms with van der Waals surface area (Å²) in [6.07, 6.45) is 0. The molecule has 0 aromatic heterocycles. The number of hydrogen-bond acceptors (Lipinski definition) is 0. The van der Waals surface area contributed by atoms with Crippen LogP contribution in [0.2, 0.25) is 0 Å². The molecule has 0 aliphatic rings. The van der Waals surface area contributed by atoms with E-state index in [1.54, 1.807) is 0 Å². The first-order valence-electron chi connectivity index (χ1n) is 74.0. The largest absolute Gasteiger partial charge is 0.0683 e. The van der Waals surface area contributed by atoms with Crippen molar-refractivity contribution in [1.29, 1.82) is 0 Å². The zero-order chi connectivity index (χ0) is 148. The van der Waals surface area contributed by atoms with Crippen LogP contribution >= 0.6 is 0 Å². The minimum absolute atomic E-state index is 2.00. The van der Waals surface area contributed by atoms with E-state index in [1.165, 1.54) is 0 Å². The summed E-state index contributed by atoms with van der Waals surface area (Å²) in [7, 11) is 0. The first-order valence-corrected chi connectivity index (χ1v) is 74.0. The maximum Gasteiger partial charge on any atom is -0.0683 e. The normalized spacial score (nSPS) is 3.00. The molecule has 0 bridgehead atoms. The molecule has 1036 valence electrons. The van der Waals surface area contributed by atoms with E-state index < -0.39 is 0 Å². The van der Waals surface area contributed by atoms with Crippen LogP contribution in [0.25, 0.3) is 0 Å². The lowest BCUT2D eigenvalue weighted by Gasteiger charge is -1.07. The monoisotopic (exact) mass is 2220 g/mol. The Morgan fingerprint density at radius 2 is 0.0135 bits per heavy atom. The molecule has 0 aliphatic heterocycles. The first kappa shape index (κ1) is 584. The molecule has 0 aliphatic carbocycles. The molecule has 0 nitrogen and oxygen atoms in total. The van der Waals surface area contributed by atoms with Crippen molar-refractivity contribution in [2.75, 3.05) is 0 Å². The van der Waals surface area contributed by atoms with Crippen molar-refractivity contribution in [3.05, 3.63) is 0 Å². The Hall–Kier alpha value is 0. The lowest BCUT2D eigenvalue weighted by atomic mass is 11.0. The smallest absolute Gasteiger partial charge is 0.0683 e. The van der Waals surface area contributed by atoms with Crippen molar-refractivity contribution in [3.63, 3.8) is 0 Å². The van der Waals surface area contributed by atoms with E-state index in [-0.39, 0.29) is 0 Å². The van der Waals surface area contributed by atoms with Gasteiger partial charge in [-0.15, -0.1) is 0 Å². The first-order chi connectivity index (χ1) is 74.0. The van der Waals surface area contributed by atoms with Gasteiger partial charge in [0.05, 0.1) is 0 Å². The van der Waals surface area contributed by atoms with Gasteiger partial charge in [0.2, 0.25) is 0 Å². The van der Waals surface area contributed by atoms with E-state index in [1.807, 2.05) is 1020 Å². The minimum Gasteiger partial charge on any atom is -0.0683 e. The summed E-state index contributed by atoms with van der Waals surface area (Å²) in [6, 6.07) is 0. The summed E-state index contributed by atoms with van der Waals surface area (Å²) < 4.78 is 0. The fourth-order valence-electron chi connectivity index (χ4n) is 0. The van der Waals surface area contributed by atoms with Crippen LogP contribution < -0.4 is 0 Å². The zero-order valence-corrected chi connectivity index (χ0v) is 148. The topological polar surface area (TPSA) is 0 Å². The Morgan fingerprint density at radius 3 is 0.0135 bits per heavy atom. The summed E-state index contributed by atoms with van der Waals surface area (Å²) >= 11 is 0. The van der Waals surface area contributed by atoms with Gasteiger partial charge in [0.1, 0.15) is 0 Å². The van der Waals surface area contributed by atoms with Crippen LogP contribution in [-0.2, 0) is 0 Å². The van der Waals surface area contributed by atoms with Crippen LogP contribution in [0.1, 0.15) is 1020 Å². The zero-order valence-electron chi connectivity index (χ0n) is 148. The third kappa shape index (κ3) is 0. The Labute approximate surface area is 1020 Å². The molecule has 0 fully saturated rings. The van der Waals surface area contributed by atoms with Gasteiger partial charge >= 0.3 is 0 Å². The maximum atomic E-state index is 2.00. The van der Waals surface area contributed by atoms with Crippen molar-refractivity contribution in [1.82, 2.24) is 0 Å². The average Bonchev–Trinajstić information content (AvgIpc) is 4.15. The van der Waals surface area contributed by atoms with Crippen molar-refractivity contribution in [2.45, 2.75) is 1020 Å². The van der Waals surface area contributed by atoms with Crippen molar-refractivity contribution < 1.29 is 0 Å². The van der Waals surface area contributed by atoms with Crippen LogP contribution in [0.3, 0.4) is 0 Å². The van der Waals surface area contributed by atoms with Crippen LogP contribution in [0, 0.1) is 0 Å². The highest BCUT2D eigenvalue weighted by atomic mass is 13.2. The fourth-order valence-corrected chi connectivity index (χ4v) is 0. The van der Waals surface area contributed by atoms with Gasteiger partial charge in [-0.1, -0.05) is 1020 Å². The van der Waals surface area contributed by atoms with E-state index in [9.17, 15) is 0 Å². The molecular weight excluding hydrogens is 1780 g/mol. The van der Waals surface area contributed by atoms with Crippen LogP contribution in [0.15, 0.2) is 0 Å². The number of rotatable bonds is 0. The molecule has 0 amide bonds. The average molecular weight is 2230 g/mol. The molecule has 0 spiro atoms. The van der Waals surface area contributed by atoms with Gasteiger partial charge in [0, 0.05) is 0 Å². The van der Waals surface area contributed by atoms with E-state index in [0.29, 0.717) is 0 Å². The standard InChI is InChI=1S/74C2H6/c74*1-2/h74*1-2H3. The molecule has 0 saturated heterocycles. The highest BCUT2D eigenvalue weighted by Gasteiger charge is 1.08. The molecule has 0 heteroatoms. The summed E-state index contributed by atoms with van der Waals surface area (Å²) in [4.78, 5) is 0. The molecule has 0 radical (unpaired) electrons. The second kappa shape index (κ2) is 0. The SMILES string of the molecule is CC.CC.CC.CC.CC.CC.CC.CC.CC.CC.CC.CC.CC.CC.CC.CC.CC.CC.CC.CC.CC.CC.CC.CC.CC.CC.CC.CC.CC.CC.CC.CC.CC.CC.CC.CC.CC.CC.CC.CC.CC.CC.CC.CC.CC.CC.CC.CC.CC.CC.CC.CC.CC.CC.CC.CC.CC.CC.CC.CC.CC.CC.CC.CC.CC.CC.CC.CC.CC.CC.CC.CC.CC.CC. The molecule has 0 heterocycles. The van der Waals surface area contributed by atoms with Crippen LogP contribution in [-0.4, -0.2) is 0 Å². The lowest BCUT2D eigenvalue weighted by molar-refractivity contribution is 1.50.